The summed E-state index contributed by atoms with van der Waals surface area (Å²) in [6.45, 7) is 7.19. The third-order valence-electron chi connectivity index (χ3n) is 2.77. The molecular weight excluding hydrogens is 276 g/mol. The van der Waals surface area contributed by atoms with Crippen molar-refractivity contribution in [3.8, 4) is 0 Å². The Morgan fingerprint density at radius 3 is 2.29 bits per heavy atom. The molecule has 0 aliphatic carbocycles. The second-order valence-corrected chi connectivity index (χ2v) is 4.25. The molecule has 1 aromatic heterocycles. The molecule has 0 amide bonds. The lowest BCUT2D eigenvalue weighted by atomic mass is 10.3. The Kier molecular flexibility index (Phi) is 7.41. The van der Waals surface area contributed by atoms with Crippen LogP contribution in [0.25, 0.3) is 0 Å². The molecule has 0 fully saturated rings. The summed E-state index contributed by atoms with van der Waals surface area (Å²) in [5.41, 5.74) is 5.57. The van der Waals surface area contributed by atoms with E-state index in [0.717, 1.165) is 0 Å². The van der Waals surface area contributed by atoms with Crippen molar-refractivity contribution in [1.82, 2.24) is 4.98 Å². The van der Waals surface area contributed by atoms with Crippen LogP contribution >= 0.6 is 0 Å². The Bertz CT molecular complexity index is 446. The Balaban J connectivity index is 2.86. The minimum Gasteiger partial charge on any atom is -0.383 e. The van der Waals surface area contributed by atoms with E-state index in [1.807, 2.05) is 18.7 Å². The molecule has 0 aromatic carbocycles. The minimum absolute atomic E-state index is 0.0738. The largest absolute Gasteiger partial charge is 0.383 e. The number of nitrogen functional groups attached to an aromatic ring is 1. The molecule has 0 spiro atoms. The zero-order valence-corrected chi connectivity index (χ0v) is 12.4. The first-order valence-electron chi connectivity index (χ1n) is 6.90. The molecule has 0 aliphatic rings. The summed E-state index contributed by atoms with van der Waals surface area (Å²) in [5.74, 6) is 0.582. The fraction of sp³-hybridized carbons (Fsp3) is 0.615. The van der Waals surface area contributed by atoms with Gasteiger partial charge in [0.1, 0.15) is 11.6 Å². The maximum atomic E-state index is 10.9. The van der Waals surface area contributed by atoms with Gasteiger partial charge < -0.3 is 20.1 Å². The highest BCUT2D eigenvalue weighted by Crippen LogP contribution is 2.21. The van der Waals surface area contributed by atoms with Crippen molar-refractivity contribution in [3.05, 3.63) is 22.2 Å². The maximum Gasteiger partial charge on any atom is 0.276 e. The summed E-state index contributed by atoms with van der Waals surface area (Å²) in [7, 11) is 0. The van der Waals surface area contributed by atoms with E-state index in [1.54, 1.807) is 0 Å². The summed E-state index contributed by atoms with van der Waals surface area (Å²) in [6.07, 6.45) is 0. The number of nitro groups is 1. The van der Waals surface area contributed by atoms with Crippen molar-refractivity contribution in [3.63, 3.8) is 0 Å². The van der Waals surface area contributed by atoms with E-state index in [9.17, 15) is 10.1 Å². The number of rotatable bonds is 10. The predicted molar refractivity (Wildman–Crippen MR) is 80.5 cm³/mol. The van der Waals surface area contributed by atoms with Crippen LogP contribution in [0.1, 0.15) is 13.8 Å². The van der Waals surface area contributed by atoms with E-state index in [4.69, 9.17) is 15.2 Å². The van der Waals surface area contributed by atoms with Gasteiger partial charge in [0.05, 0.1) is 30.3 Å². The van der Waals surface area contributed by atoms with Crippen LogP contribution in [0.4, 0.5) is 17.3 Å². The Morgan fingerprint density at radius 1 is 1.24 bits per heavy atom. The Labute approximate surface area is 124 Å². The highest BCUT2D eigenvalue weighted by Gasteiger charge is 2.15. The molecule has 0 saturated heterocycles. The summed E-state index contributed by atoms with van der Waals surface area (Å²) in [5, 5.41) is 10.9. The van der Waals surface area contributed by atoms with Crippen LogP contribution in [0.5, 0.6) is 0 Å². The van der Waals surface area contributed by atoms with Crippen molar-refractivity contribution in [2.75, 3.05) is 50.2 Å². The van der Waals surface area contributed by atoms with Gasteiger partial charge in [-0.1, -0.05) is 0 Å². The van der Waals surface area contributed by atoms with E-state index in [0.29, 0.717) is 45.3 Å². The molecule has 2 N–H and O–H groups in total. The Hall–Kier alpha value is -1.93. The van der Waals surface area contributed by atoms with E-state index in [1.165, 1.54) is 12.1 Å². The molecule has 8 nitrogen and oxygen atoms in total. The van der Waals surface area contributed by atoms with Crippen LogP contribution in [0.15, 0.2) is 12.1 Å². The average Bonchev–Trinajstić information content (AvgIpc) is 2.45. The first-order chi connectivity index (χ1) is 10.1. The van der Waals surface area contributed by atoms with Crippen LogP contribution in [0.2, 0.25) is 0 Å². The molecule has 1 aromatic rings. The van der Waals surface area contributed by atoms with Crippen molar-refractivity contribution in [2.24, 2.45) is 0 Å². The van der Waals surface area contributed by atoms with Gasteiger partial charge in [-0.15, -0.1) is 0 Å². The number of ether oxygens (including phenoxy) is 2. The zero-order valence-electron chi connectivity index (χ0n) is 12.4. The predicted octanol–water partition coefficient (Wildman–Crippen LogP) is 1.45. The van der Waals surface area contributed by atoms with E-state index in [2.05, 4.69) is 4.98 Å². The first-order valence-corrected chi connectivity index (χ1v) is 6.90. The topological polar surface area (TPSA) is 104 Å². The van der Waals surface area contributed by atoms with Gasteiger partial charge in [-0.3, -0.25) is 10.1 Å². The molecule has 21 heavy (non-hydrogen) atoms. The quantitative estimate of drug-likeness (QED) is 0.396. The lowest BCUT2D eigenvalue weighted by Gasteiger charge is -2.23. The molecule has 0 saturated carbocycles. The van der Waals surface area contributed by atoms with Crippen LogP contribution in [0.3, 0.4) is 0 Å². The number of pyridine rings is 1. The van der Waals surface area contributed by atoms with Gasteiger partial charge in [0.2, 0.25) is 0 Å². The van der Waals surface area contributed by atoms with Gasteiger partial charge >= 0.3 is 0 Å². The number of hydrogen-bond donors (Lipinski definition) is 1. The lowest BCUT2D eigenvalue weighted by molar-refractivity contribution is -0.384. The highest BCUT2D eigenvalue weighted by molar-refractivity contribution is 5.54. The number of hydrogen-bond acceptors (Lipinski definition) is 7. The molecule has 118 valence electrons. The average molecular weight is 298 g/mol. The molecule has 8 heteroatoms. The minimum atomic E-state index is -0.481. The number of nitrogens with two attached hydrogens (primary N) is 1. The van der Waals surface area contributed by atoms with Gasteiger partial charge in [0, 0.05) is 26.3 Å². The van der Waals surface area contributed by atoms with Crippen molar-refractivity contribution in [2.45, 2.75) is 13.8 Å². The SMILES string of the molecule is CCOCCN(CCOCC)c1cc([N+](=O)[O-])cc(N)n1. The van der Waals surface area contributed by atoms with Crippen molar-refractivity contribution in [1.29, 1.82) is 0 Å². The fourth-order valence-electron chi connectivity index (χ4n) is 1.77. The standard InChI is InChI=1S/C13H22N4O4/c1-3-20-7-5-16(6-8-21-4-2)13-10-11(17(18)19)9-12(14)15-13/h9-10H,3-8H2,1-2H3,(H2,14,15). The zero-order chi connectivity index (χ0) is 15.7. The maximum absolute atomic E-state index is 10.9. The summed E-state index contributed by atoms with van der Waals surface area (Å²) >= 11 is 0. The highest BCUT2D eigenvalue weighted by atomic mass is 16.6. The third-order valence-corrected chi connectivity index (χ3v) is 2.77. The van der Waals surface area contributed by atoms with E-state index >= 15 is 0 Å². The monoisotopic (exact) mass is 298 g/mol. The molecule has 0 radical (unpaired) electrons. The van der Waals surface area contributed by atoms with Gasteiger partial charge in [-0.05, 0) is 13.8 Å². The van der Waals surface area contributed by atoms with Crippen LogP contribution in [0, 0.1) is 10.1 Å². The normalized spacial score (nSPS) is 10.6. The second-order valence-electron chi connectivity index (χ2n) is 4.25. The summed E-state index contributed by atoms with van der Waals surface area (Å²) in [6, 6.07) is 2.65. The third kappa shape index (κ3) is 5.92. The fourth-order valence-corrected chi connectivity index (χ4v) is 1.77. The van der Waals surface area contributed by atoms with Gasteiger partial charge in [-0.2, -0.15) is 0 Å². The van der Waals surface area contributed by atoms with Gasteiger partial charge in [0.15, 0.2) is 0 Å². The van der Waals surface area contributed by atoms with Crippen molar-refractivity contribution < 1.29 is 14.4 Å². The summed E-state index contributed by atoms with van der Waals surface area (Å²) < 4.78 is 10.6. The smallest absolute Gasteiger partial charge is 0.276 e. The molecule has 0 atom stereocenters. The summed E-state index contributed by atoms with van der Waals surface area (Å²) in [4.78, 5) is 16.5. The van der Waals surface area contributed by atoms with Crippen molar-refractivity contribution >= 4 is 17.3 Å². The molecule has 1 heterocycles. The van der Waals surface area contributed by atoms with Crippen LogP contribution in [-0.2, 0) is 9.47 Å². The molecule has 0 unspecified atom stereocenters. The van der Waals surface area contributed by atoms with Crippen LogP contribution in [-0.4, -0.2) is 49.4 Å². The second kappa shape index (κ2) is 9.09. The molecule has 0 bridgehead atoms. The molecule has 1 rings (SSSR count). The van der Waals surface area contributed by atoms with Gasteiger partial charge in [0.25, 0.3) is 5.69 Å². The van der Waals surface area contributed by atoms with E-state index in [-0.39, 0.29) is 11.5 Å². The number of aromatic nitrogens is 1. The first kappa shape index (κ1) is 17.1. The number of nitrogens with zero attached hydrogens (tertiary/aromatic N) is 3. The molecule has 0 aliphatic heterocycles. The number of anilines is 2. The van der Waals surface area contributed by atoms with Gasteiger partial charge in [-0.25, -0.2) is 4.98 Å². The Morgan fingerprint density at radius 2 is 1.81 bits per heavy atom. The van der Waals surface area contributed by atoms with E-state index < -0.39 is 4.92 Å². The molecular formula is C13H22N4O4. The van der Waals surface area contributed by atoms with Crippen LogP contribution < -0.4 is 10.6 Å². The lowest BCUT2D eigenvalue weighted by Crippen LogP contribution is -2.32.